The molecule has 0 saturated carbocycles. The molecule has 22 heavy (non-hydrogen) atoms. The molecule has 0 unspecified atom stereocenters. The predicted octanol–water partition coefficient (Wildman–Crippen LogP) is 3.31. The lowest BCUT2D eigenvalue weighted by Gasteiger charge is -2.33. The first kappa shape index (κ1) is 16.7. The summed E-state index contributed by atoms with van der Waals surface area (Å²) >= 11 is 0. The van der Waals surface area contributed by atoms with Crippen LogP contribution < -0.4 is 10.6 Å². The molecule has 2 N–H and O–H groups in total. The lowest BCUT2D eigenvalue weighted by atomic mass is 9.82. The van der Waals surface area contributed by atoms with E-state index in [1.54, 1.807) is 13.0 Å². The van der Waals surface area contributed by atoms with Crippen LogP contribution in [0.25, 0.3) is 0 Å². The molecule has 1 saturated heterocycles. The molecule has 2 amide bonds. The Labute approximate surface area is 131 Å². The third-order valence-electron chi connectivity index (χ3n) is 4.42. The van der Waals surface area contributed by atoms with Crippen molar-refractivity contribution in [2.24, 2.45) is 5.41 Å². The first-order chi connectivity index (χ1) is 10.4. The van der Waals surface area contributed by atoms with Crippen molar-refractivity contribution in [2.45, 2.75) is 39.7 Å². The average molecular weight is 308 g/mol. The number of hydrogen-bond donors (Lipinski definition) is 2. The molecule has 122 valence electrons. The molecule has 5 heteroatoms. The monoisotopic (exact) mass is 308 g/mol. The molecule has 0 aromatic heterocycles. The van der Waals surface area contributed by atoms with Crippen molar-refractivity contribution in [3.63, 3.8) is 0 Å². The van der Waals surface area contributed by atoms with Gasteiger partial charge in [0.05, 0.1) is 6.04 Å². The van der Waals surface area contributed by atoms with E-state index in [0.717, 1.165) is 31.6 Å². The molecule has 1 fully saturated rings. The SMILES string of the molecule is Cc1ccc([C@@H](C)NC(=O)NCC2(C)CCOCC2)cc1F. The van der Waals surface area contributed by atoms with Gasteiger partial charge < -0.3 is 15.4 Å². The molecule has 0 bridgehead atoms. The summed E-state index contributed by atoms with van der Waals surface area (Å²) in [5.41, 5.74) is 1.46. The van der Waals surface area contributed by atoms with Gasteiger partial charge in [0.25, 0.3) is 0 Å². The first-order valence-electron chi connectivity index (χ1n) is 7.78. The molecule has 1 aliphatic rings. The van der Waals surface area contributed by atoms with Crippen molar-refractivity contribution in [3.8, 4) is 0 Å². The van der Waals surface area contributed by atoms with Gasteiger partial charge in [0.15, 0.2) is 0 Å². The molecule has 4 nitrogen and oxygen atoms in total. The highest BCUT2D eigenvalue weighted by Crippen LogP contribution is 2.28. The quantitative estimate of drug-likeness (QED) is 0.896. The molecular formula is C17H25FN2O2. The Bertz CT molecular complexity index is 527. The number of aryl methyl sites for hydroxylation is 1. The second-order valence-corrected chi connectivity index (χ2v) is 6.48. The van der Waals surface area contributed by atoms with Crippen LogP contribution in [0, 0.1) is 18.2 Å². The Morgan fingerprint density at radius 3 is 2.73 bits per heavy atom. The van der Waals surface area contributed by atoms with Gasteiger partial charge in [-0.15, -0.1) is 0 Å². The van der Waals surface area contributed by atoms with Gasteiger partial charge in [0.2, 0.25) is 0 Å². The number of rotatable bonds is 4. The lowest BCUT2D eigenvalue weighted by Crippen LogP contribution is -2.44. The second-order valence-electron chi connectivity index (χ2n) is 6.48. The van der Waals surface area contributed by atoms with Gasteiger partial charge in [-0.3, -0.25) is 0 Å². The number of hydrogen-bond acceptors (Lipinski definition) is 2. The number of ether oxygens (including phenoxy) is 1. The van der Waals surface area contributed by atoms with Crippen LogP contribution in [-0.4, -0.2) is 25.8 Å². The Kier molecular flexibility index (Phi) is 5.40. The van der Waals surface area contributed by atoms with E-state index in [0.29, 0.717) is 12.1 Å². The predicted molar refractivity (Wildman–Crippen MR) is 84.2 cm³/mol. The topological polar surface area (TPSA) is 50.4 Å². The lowest BCUT2D eigenvalue weighted by molar-refractivity contribution is 0.0252. The van der Waals surface area contributed by atoms with Crippen molar-refractivity contribution in [3.05, 3.63) is 35.1 Å². The van der Waals surface area contributed by atoms with Gasteiger partial charge in [-0.1, -0.05) is 19.1 Å². The Morgan fingerprint density at radius 1 is 1.41 bits per heavy atom. The molecule has 1 aromatic carbocycles. The van der Waals surface area contributed by atoms with Crippen LogP contribution in [0.15, 0.2) is 18.2 Å². The number of benzene rings is 1. The van der Waals surface area contributed by atoms with E-state index < -0.39 is 0 Å². The number of halogens is 1. The fraction of sp³-hybridized carbons (Fsp3) is 0.588. The highest BCUT2D eigenvalue weighted by atomic mass is 19.1. The minimum Gasteiger partial charge on any atom is -0.381 e. The number of carbonyl (C=O) groups is 1. The zero-order chi connectivity index (χ0) is 16.2. The molecule has 2 rings (SSSR count). The molecular weight excluding hydrogens is 283 g/mol. The standard InChI is InChI=1S/C17H25FN2O2/c1-12-4-5-14(10-15(12)18)13(2)20-16(21)19-11-17(3)6-8-22-9-7-17/h4-5,10,13H,6-9,11H2,1-3H3,(H2,19,20,21)/t13-/m1/s1. The highest BCUT2D eigenvalue weighted by Gasteiger charge is 2.27. The van der Waals surface area contributed by atoms with Gasteiger partial charge in [0.1, 0.15) is 5.82 Å². The maximum atomic E-state index is 13.6. The molecule has 0 aliphatic carbocycles. The Balaban J connectivity index is 1.84. The molecule has 1 heterocycles. The largest absolute Gasteiger partial charge is 0.381 e. The average Bonchev–Trinajstić information content (AvgIpc) is 2.49. The first-order valence-corrected chi connectivity index (χ1v) is 7.78. The van der Waals surface area contributed by atoms with E-state index in [9.17, 15) is 9.18 Å². The molecule has 1 aliphatic heterocycles. The normalized spacial score (nSPS) is 18.5. The van der Waals surface area contributed by atoms with Gasteiger partial charge in [-0.2, -0.15) is 0 Å². The van der Waals surface area contributed by atoms with Gasteiger partial charge >= 0.3 is 6.03 Å². The maximum absolute atomic E-state index is 13.6. The number of nitrogens with one attached hydrogen (secondary N) is 2. The molecule has 0 spiro atoms. The molecule has 1 atom stereocenters. The summed E-state index contributed by atoms with van der Waals surface area (Å²) in [7, 11) is 0. The van der Waals surface area contributed by atoms with Crippen molar-refractivity contribution >= 4 is 6.03 Å². The molecule has 1 aromatic rings. The van der Waals surface area contributed by atoms with Crippen LogP contribution in [0.1, 0.15) is 43.9 Å². The van der Waals surface area contributed by atoms with Crippen molar-refractivity contribution in [1.82, 2.24) is 10.6 Å². The van der Waals surface area contributed by atoms with Crippen LogP contribution in [0.5, 0.6) is 0 Å². The highest BCUT2D eigenvalue weighted by molar-refractivity contribution is 5.74. The summed E-state index contributed by atoms with van der Waals surface area (Å²) in [4.78, 5) is 12.0. The third-order valence-corrected chi connectivity index (χ3v) is 4.42. The fourth-order valence-corrected chi connectivity index (χ4v) is 2.54. The van der Waals surface area contributed by atoms with Crippen LogP contribution >= 0.6 is 0 Å². The smallest absolute Gasteiger partial charge is 0.315 e. The van der Waals surface area contributed by atoms with Crippen LogP contribution in [0.2, 0.25) is 0 Å². The zero-order valence-corrected chi connectivity index (χ0v) is 13.5. The van der Waals surface area contributed by atoms with E-state index in [-0.39, 0.29) is 23.3 Å². The summed E-state index contributed by atoms with van der Waals surface area (Å²) in [5.74, 6) is -0.249. The van der Waals surface area contributed by atoms with Gasteiger partial charge in [-0.25, -0.2) is 9.18 Å². The molecule has 0 radical (unpaired) electrons. The van der Waals surface area contributed by atoms with E-state index in [2.05, 4.69) is 17.6 Å². The van der Waals surface area contributed by atoms with E-state index in [4.69, 9.17) is 4.74 Å². The van der Waals surface area contributed by atoms with Gasteiger partial charge in [-0.05, 0) is 49.3 Å². The van der Waals surface area contributed by atoms with Crippen molar-refractivity contribution in [1.29, 1.82) is 0 Å². The zero-order valence-electron chi connectivity index (χ0n) is 13.5. The van der Waals surface area contributed by atoms with E-state index in [1.165, 1.54) is 6.07 Å². The van der Waals surface area contributed by atoms with Crippen molar-refractivity contribution < 1.29 is 13.9 Å². The second kappa shape index (κ2) is 7.09. The summed E-state index contributed by atoms with van der Waals surface area (Å²) in [5, 5.41) is 5.77. The van der Waals surface area contributed by atoms with Crippen LogP contribution in [-0.2, 0) is 4.74 Å². The summed E-state index contributed by atoms with van der Waals surface area (Å²) in [6, 6.07) is 4.58. The fourth-order valence-electron chi connectivity index (χ4n) is 2.54. The summed E-state index contributed by atoms with van der Waals surface area (Å²) in [6.07, 6.45) is 1.90. The number of amides is 2. The minimum atomic E-state index is -0.249. The van der Waals surface area contributed by atoms with Gasteiger partial charge in [0, 0.05) is 19.8 Å². The summed E-state index contributed by atoms with van der Waals surface area (Å²) in [6.45, 7) is 7.85. The third kappa shape index (κ3) is 4.44. The summed E-state index contributed by atoms with van der Waals surface area (Å²) < 4.78 is 18.9. The maximum Gasteiger partial charge on any atom is 0.315 e. The number of carbonyl (C=O) groups excluding carboxylic acids is 1. The number of urea groups is 1. The van der Waals surface area contributed by atoms with E-state index >= 15 is 0 Å². The van der Waals surface area contributed by atoms with Crippen LogP contribution in [0.3, 0.4) is 0 Å². The minimum absolute atomic E-state index is 0.0921. The van der Waals surface area contributed by atoms with Crippen molar-refractivity contribution in [2.75, 3.05) is 19.8 Å². The Hall–Kier alpha value is -1.62. The van der Waals surface area contributed by atoms with Crippen LogP contribution in [0.4, 0.5) is 9.18 Å². The van der Waals surface area contributed by atoms with E-state index in [1.807, 2.05) is 13.0 Å². The Morgan fingerprint density at radius 2 is 2.09 bits per heavy atom.